The molecule has 1 aromatic carbocycles. The molecule has 0 radical (unpaired) electrons. The van der Waals surface area contributed by atoms with E-state index in [2.05, 4.69) is 62.1 Å². The SMILES string of the molecule is CCC(=NOC)[C@H]1CN(C)C[C@@H](C)[C@@H]1c1cccc(C)c1. The molecule has 0 aliphatic carbocycles. The van der Waals surface area contributed by atoms with Crippen LogP contribution in [-0.4, -0.2) is 37.9 Å². The summed E-state index contributed by atoms with van der Waals surface area (Å²) in [5.74, 6) is 1.57. The van der Waals surface area contributed by atoms with Crippen LogP contribution in [0.15, 0.2) is 29.4 Å². The average molecular weight is 288 g/mol. The number of aryl methyl sites for hydroxylation is 1. The highest BCUT2D eigenvalue weighted by Gasteiger charge is 2.36. The van der Waals surface area contributed by atoms with E-state index in [9.17, 15) is 0 Å². The average Bonchev–Trinajstić information content (AvgIpc) is 2.43. The Labute approximate surface area is 129 Å². The second-order valence-corrected chi connectivity index (χ2v) is 6.36. The van der Waals surface area contributed by atoms with Crippen molar-refractivity contribution in [3.63, 3.8) is 0 Å². The highest BCUT2D eigenvalue weighted by atomic mass is 16.6. The Morgan fingerprint density at radius 1 is 1.38 bits per heavy atom. The number of oxime groups is 1. The Bertz CT molecular complexity index is 498. The first-order chi connectivity index (χ1) is 10.1. The first kappa shape index (κ1) is 16.0. The third kappa shape index (κ3) is 3.65. The summed E-state index contributed by atoms with van der Waals surface area (Å²) in [6, 6.07) is 8.94. The maximum absolute atomic E-state index is 5.10. The molecule has 0 spiro atoms. The molecule has 1 heterocycles. The van der Waals surface area contributed by atoms with Crippen LogP contribution >= 0.6 is 0 Å². The summed E-state index contributed by atoms with van der Waals surface area (Å²) in [7, 11) is 3.85. The zero-order valence-electron chi connectivity index (χ0n) is 14.0. The topological polar surface area (TPSA) is 24.8 Å². The normalized spacial score (nSPS) is 27.7. The smallest absolute Gasteiger partial charge is 0.106 e. The number of likely N-dealkylation sites (tertiary alicyclic amines) is 1. The molecule has 1 aromatic rings. The van der Waals surface area contributed by atoms with E-state index in [-0.39, 0.29) is 0 Å². The van der Waals surface area contributed by atoms with Crippen molar-refractivity contribution >= 4 is 5.71 Å². The largest absolute Gasteiger partial charge is 0.399 e. The molecule has 0 aromatic heterocycles. The lowest BCUT2D eigenvalue weighted by Gasteiger charge is -2.42. The zero-order valence-corrected chi connectivity index (χ0v) is 14.0. The van der Waals surface area contributed by atoms with E-state index >= 15 is 0 Å². The van der Waals surface area contributed by atoms with Crippen molar-refractivity contribution < 1.29 is 4.84 Å². The summed E-state index contributed by atoms with van der Waals surface area (Å²) in [5.41, 5.74) is 3.96. The Balaban J connectivity index is 2.39. The third-order valence-electron chi connectivity index (χ3n) is 4.58. The number of hydrogen-bond donors (Lipinski definition) is 0. The Hall–Kier alpha value is -1.35. The molecule has 1 aliphatic rings. The van der Waals surface area contributed by atoms with Gasteiger partial charge in [0.05, 0.1) is 5.71 Å². The Morgan fingerprint density at radius 2 is 2.14 bits per heavy atom. The van der Waals surface area contributed by atoms with Gasteiger partial charge in [-0.05, 0) is 37.8 Å². The molecule has 3 heteroatoms. The zero-order chi connectivity index (χ0) is 15.4. The van der Waals surface area contributed by atoms with Gasteiger partial charge in [-0.1, -0.05) is 48.8 Å². The summed E-state index contributed by atoms with van der Waals surface area (Å²) in [4.78, 5) is 7.52. The molecule has 1 aliphatic heterocycles. The Kier molecular flexibility index (Phi) is 5.40. The standard InChI is InChI=1S/C18H28N2O/c1-6-17(19-21-5)16-12-20(4)11-14(3)18(16)15-9-7-8-13(2)10-15/h7-10,14,16,18H,6,11-12H2,1-5H3/t14-,16-,18-/m1/s1. The monoisotopic (exact) mass is 288 g/mol. The van der Waals surface area contributed by atoms with Crippen LogP contribution in [0.25, 0.3) is 0 Å². The van der Waals surface area contributed by atoms with E-state index < -0.39 is 0 Å². The number of rotatable bonds is 4. The van der Waals surface area contributed by atoms with Crippen LogP contribution in [0.4, 0.5) is 0 Å². The van der Waals surface area contributed by atoms with E-state index in [1.54, 1.807) is 7.11 Å². The van der Waals surface area contributed by atoms with Gasteiger partial charge >= 0.3 is 0 Å². The summed E-state index contributed by atoms with van der Waals surface area (Å²) in [6.07, 6.45) is 0.946. The van der Waals surface area contributed by atoms with Gasteiger partial charge < -0.3 is 9.74 Å². The first-order valence-electron chi connectivity index (χ1n) is 7.91. The van der Waals surface area contributed by atoms with E-state index in [4.69, 9.17) is 4.84 Å². The number of piperidine rings is 1. The molecule has 0 unspecified atom stereocenters. The van der Waals surface area contributed by atoms with Crippen molar-refractivity contribution in [1.29, 1.82) is 0 Å². The molecular formula is C18H28N2O. The molecule has 1 fully saturated rings. The lowest BCUT2D eigenvalue weighted by molar-refractivity contribution is 0.156. The van der Waals surface area contributed by atoms with Gasteiger partial charge in [-0.3, -0.25) is 0 Å². The van der Waals surface area contributed by atoms with Gasteiger partial charge in [0.15, 0.2) is 0 Å². The maximum Gasteiger partial charge on any atom is 0.106 e. The van der Waals surface area contributed by atoms with Crippen LogP contribution in [0.3, 0.4) is 0 Å². The van der Waals surface area contributed by atoms with Crippen LogP contribution in [-0.2, 0) is 4.84 Å². The molecular weight excluding hydrogens is 260 g/mol. The van der Waals surface area contributed by atoms with Crippen molar-refractivity contribution in [3.05, 3.63) is 35.4 Å². The summed E-state index contributed by atoms with van der Waals surface area (Å²) in [6.45, 7) is 8.89. The molecule has 3 nitrogen and oxygen atoms in total. The van der Waals surface area contributed by atoms with Crippen molar-refractivity contribution in [2.75, 3.05) is 27.2 Å². The van der Waals surface area contributed by atoms with E-state index in [0.29, 0.717) is 17.8 Å². The predicted octanol–water partition coefficient (Wildman–Crippen LogP) is 3.69. The lowest BCUT2D eigenvalue weighted by atomic mass is 9.72. The third-order valence-corrected chi connectivity index (χ3v) is 4.58. The Morgan fingerprint density at radius 3 is 2.76 bits per heavy atom. The number of hydrogen-bond acceptors (Lipinski definition) is 3. The fraction of sp³-hybridized carbons (Fsp3) is 0.611. The predicted molar refractivity (Wildman–Crippen MR) is 88.8 cm³/mol. The maximum atomic E-state index is 5.10. The van der Waals surface area contributed by atoms with Crippen LogP contribution in [0.5, 0.6) is 0 Å². The highest BCUT2D eigenvalue weighted by Crippen LogP contribution is 2.38. The fourth-order valence-electron chi connectivity index (χ4n) is 3.79. The van der Waals surface area contributed by atoms with Crippen molar-refractivity contribution in [2.45, 2.75) is 33.1 Å². The molecule has 0 saturated carbocycles. The molecule has 116 valence electrons. The van der Waals surface area contributed by atoms with Gasteiger partial charge in [0.1, 0.15) is 7.11 Å². The van der Waals surface area contributed by atoms with Crippen molar-refractivity contribution in [3.8, 4) is 0 Å². The second kappa shape index (κ2) is 7.08. The first-order valence-corrected chi connectivity index (χ1v) is 7.91. The molecule has 1 saturated heterocycles. The van der Waals surface area contributed by atoms with Crippen LogP contribution < -0.4 is 0 Å². The molecule has 21 heavy (non-hydrogen) atoms. The molecule has 2 rings (SSSR count). The molecule has 0 bridgehead atoms. The molecule has 0 N–H and O–H groups in total. The second-order valence-electron chi connectivity index (χ2n) is 6.36. The van der Waals surface area contributed by atoms with Gasteiger partial charge in [-0.2, -0.15) is 0 Å². The minimum atomic E-state index is 0.436. The fourth-order valence-corrected chi connectivity index (χ4v) is 3.79. The van der Waals surface area contributed by atoms with Crippen LogP contribution in [0.2, 0.25) is 0 Å². The number of nitrogens with zero attached hydrogens (tertiary/aromatic N) is 2. The molecule has 3 atom stereocenters. The number of benzene rings is 1. The van der Waals surface area contributed by atoms with Gasteiger partial charge in [0.25, 0.3) is 0 Å². The van der Waals surface area contributed by atoms with Gasteiger partial charge in [-0.25, -0.2) is 0 Å². The van der Waals surface area contributed by atoms with Gasteiger partial charge in [0, 0.05) is 19.0 Å². The quantitative estimate of drug-likeness (QED) is 0.623. The van der Waals surface area contributed by atoms with Crippen LogP contribution in [0, 0.1) is 18.8 Å². The van der Waals surface area contributed by atoms with Crippen LogP contribution in [0.1, 0.15) is 37.3 Å². The highest BCUT2D eigenvalue weighted by molar-refractivity contribution is 5.87. The van der Waals surface area contributed by atoms with Crippen molar-refractivity contribution in [1.82, 2.24) is 4.90 Å². The van der Waals surface area contributed by atoms with E-state index in [0.717, 1.165) is 19.5 Å². The minimum Gasteiger partial charge on any atom is -0.399 e. The summed E-state index contributed by atoms with van der Waals surface area (Å²) >= 11 is 0. The van der Waals surface area contributed by atoms with E-state index in [1.165, 1.54) is 16.8 Å². The minimum absolute atomic E-state index is 0.436. The molecule has 0 amide bonds. The van der Waals surface area contributed by atoms with Crippen molar-refractivity contribution in [2.24, 2.45) is 17.0 Å². The lowest BCUT2D eigenvalue weighted by Crippen LogP contribution is -2.45. The van der Waals surface area contributed by atoms with Gasteiger partial charge in [-0.15, -0.1) is 0 Å². The summed E-state index contributed by atoms with van der Waals surface area (Å²) < 4.78 is 0. The van der Waals surface area contributed by atoms with E-state index in [1.807, 2.05) is 0 Å². The summed E-state index contributed by atoms with van der Waals surface area (Å²) in [5, 5.41) is 4.32. The van der Waals surface area contributed by atoms with Gasteiger partial charge in [0.2, 0.25) is 0 Å².